The van der Waals surface area contributed by atoms with Crippen LogP contribution in [0.5, 0.6) is 0 Å². The molecule has 3 atom stereocenters. The number of hydrogen-bond donors (Lipinski definition) is 3. The van der Waals surface area contributed by atoms with Crippen molar-refractivity contribution in [2.24, 2.45) is 5.73 Å². The number of carbonyl (C=O) groups excluding carboxylic acids is 2. The number of nitrogen functional groups attached to an aromatic ring is 1. The number of nitrogens with one attached hydrogen (secondary N) is 1. The monoisotopic (exact) mass is 1180 g/mol. The van der Waals surface area contributed by atoms with Gasteiger partial charge in [-0.05, 0) is 123 Å². The Hall–Kier alpha value is -9.12. The van der Waals surface area contributed by atoms with E-state index in [1.54, 1.807) is 72.1 Å². The van der Waals surface area contributed by atoms with Crippen molar-refractivity contribution in [3.8, 4) is 39.4 Å². The highest BCUT2D eigenvalue weighted by Crippen LogP contribution is 2.45. The number of nitriles is 1. The molecule has 5 heterocycles. The summed E-state index contributed by atoms with van der Waals surface area (Å²) in [5.41, 5.74) is 22.9. The smallest absolute Gasteiger partial charge is 0.262 e. The Labute approximate surface area is 502 Å². The minimum Gasteiger partial charge on any atom is -0.382 e. The van der Waals surface area contributed by atoms with Gasteiger partial charge in [0.2, 0.25) is 0 Å². The third kappa shape index (κ3) is 11.9. The van der Waals surface area contributed by atoms with Crippen LogP contribution in [-0.2, 0) is 0 Å². The van der Waals surface area contributed by atoms with Gasteiger partial charge in [-0.1, -0.05) is 103 Å². The summed E-state index contributed by atoms with van der Waals surface area (Å²) >= 11 is 4.64. The molecular weight excluding hydrogens is 1130 g/mol. The van der Waals surface area contributed by atoms with Gasteiger partial charge in [-0.25, -0.2) is 33.1 Å². The summed E-state index contributed by atoms with van der Waals surface area (Å²) in [4.78, 5) is 52.9. The average Bonchev–Trinajstić information content (AvgIpc) is 2.42. The average molecular weight is 1190 g/mol. The molecule has 0 bridgehead atoms. The van der Waals surface area contributed by atoms with E-state index >= 15 is 0 Å². The summed E-state index contributed by atoms with van der Waals surface area (Å²) in [7, 11) is 0. The van der Waals surface area contributed by atoms with Crippen molar-refractivity contribution in [1.29, 1.82) is 5.26 Å². The zero-order chi connectivity index (χ0) is 60.1. The van der Waals surface area contributed by atoms with Crippen molar-refractivity contribution >= 4 is 91.4 Å². The van der Waals surface area contributed by atoms with Gasteiger partial charge in [0.25, 0.3) is 11.8 Å². The molecule has 0 radical (unpaired) electrons. The van der Waals surface area contributed by atoms with Crippen molar-refractivity contribution in [2.45, 2.75) is 53.6 Å². The number of benzene rings is 7. The number of rotatable bonds is 12. The summed E-state index contributed by atoms with van der Waals surface area (Å²) in [6.07, 6.45) is 7.21. The topological polar surface area (TPSA) is 190 Å². The van der Waals surface area contributed by atoms with Gasteiger partial charge in [-0.3, -0.25) is 19.5 Å². The maximum absolute atomic E-state index is 14.1. The van der Waals surface area contributed by atoms with E-state index in [0.717, 1.165) is 75.7 Å². The fourth-order valence-corrected chi connectivity index (χ4v) is 12.9. The first-order chi connectivity index (χ1) is 41.1. The first kappa shape index (κ1) is 59.1. The van der Waals surface area contributed by atoms with E-state index in [0.29, 0.717) is 39.1 Å². The molecule has 3 unspecified atom stereocenters. The van der Waals surface area contributed by atoms with Crippen LogP contribution in [0, 0.1) is 28.8 Å². The van der Waals surface area contributed by atoms with Crippen molar-refractivity contribution in [3.63, 3.8) is 0 Å². The lowest BCUT2D eigenvalue weighted by Gasteiger charge is -2.26. The van der Waals surface area contributed by atoms with Crippen LogP contribution in [0.2, 0.25) is 0 Å². The lowest BCUT2D eigenvalue weighted by molar-refractivity contribution is 0.0592. The van der Waals surface area contributed by atoms with Crippen LogP contribution in [0.3, 0.4) is 0 Å². The van der Waals surface area contributed by atoms with Gasteiger partial charge >= 0.3 is 0 Å². The zero-order valence-corrected chi connectivity index (χ0v) is 49.4. The molecule has 0 spiro atoms. The number of fused-ring (bicyclic) bond motifs is 4. The molecule has 85 heavy (non-hydrogen) atoms. The second kappa shape index (κ2) is 25.8. The summed E-state index contributed by atoms with van der Waals surface area (Å²) in [6, 6.07) is 51.1. The minimum atomic E-state index is -0.613. The maximum Gasteiger partial charge on any atom is 0.262 e. The zero-order valence-electron chi connectivity index (χ0n) is 46.9. The van der Waals surface area contributed by atoms with Gasteiger partial charge in [0, 0.05) is 53.6 Å². The summed E-state index contributed by atoms with van der Waals surface area (Å²) in [5, 5.41) is 15.0. The number of imide groups is 1. The second-order valence-corrected chi connectivity index (χ2v) is 22.2. The van der Waals surface area contributed by atoms with Crippen LogP contribution in [0.4, 0.5) is 24.8 Å². The molecule has 1 aliphatic rings. The molecule has 1 aliphatic heterocycles. The van der Waals surface area contributed by atoms with Crippen molar-refractivity contribution in [2.75, 3.05) is 29.8 Å². The number of hydrogen-bond acceptors (Lipinski definition) is 14. The highest BCUT2D eigenvalue weighted by Gasteiger charge is 2.40. The summed E-state index contributed by atoms with van der Waals surface area (Å²) in [6.45, 7) is 5.68. The molecule has 2 amide bonds. The second-order valence-electron chi connectivity index (χ2n) is 19.7. The molecule has 0 saturated heterocycles. The Kier molecular flexibility index (Phi) is 17.9. The fraction of sp³-hybridized carbons (Fsp3) is 0.134. The molecule has 0 saturated carbocycles. The molecule has 5 N–H and O–H groups in total. The van der Waals surface area contributed by atoms with E-state index < -0.39 is 6.04 Å². The lowest BCUT2D eigenvalue weighted by Crippen LogP contribution is -2.33. The standard InChI is InChI=1S/C26H19FN2O2S.C23H19FN6S.C18H17FN2S/c1-15(29-25(30)18-10-6-7-11-19(18)26(29)31)23-22(16-8-4-3-5-9-16)24(32-2)20-14-17(27)12-13-21(20)28-23;1-13(29-23-17(11-25)22(26)27-12-28-23)20-19(14-6-4-3-5-7-14)21(31-2)16-10-15(24)8-9-18(16)30-20;1-11(20)17-16(12-6-4-3-5-7-12)18(22-2)14-10-13(19)8-9-15(14)21-17/h3-15H,1-2H3;3-10,12-13H,1-2H3,(H3,26,27,28,29);3-11H,20H2,1-2H3. The number of amides is 2. The molecule has 7 aromatic carbocycles. The van der Waals surface area contributed by atoms with Crippen LogP contribution >= 0.6 is 35.3 Å². The predicted molar refractivity (Wildman–Crippen MR) is 338 cm³/mol. The molecule has 0 fully saturated rings. The molecule has 11 aromatic rings. The Morgan fingerprint density at radius 3 is 1.31 bits per heavy atom. The third-order valence-electron chi connectivity index (χ3n) is 14.4. The van der Waals surface area contributed by atoms with Gasteiger partial charge < -0.3 is 16.8 Å². The number of halogens is 3. The summed E-state index contributed by atoms with van der Waals surface area (Å²) < 4.78 is 41.8. The number of nitrogens with two attached hydrogens (primary N) is 2. The highest BCUT2D eigenvalue weighted by molar-refractivity contribution is 7.99. The van der Waals surface area contributed by atoms with Gasteiger partial charge in [0.15, 0.2) is 0 Å². The Morgan fingerprint density at radius 1 is 0.529 bits per heavy atom. The van der Waals surface area contributed by atoms with E-state index in [2.05, 4.69) is 15.3 Å². The van der Waals surface area contributed by atoms with E-state index in [1.807, 2.05) is 137 Å². The molecule has 18 heteroatoms. The molecule has 12 nitrogen and oxygen atoms in total. The fourth-order valence-electron chi connectivity index (χ4n) is 10.5. The quantitative estimate of drug-likeness (QED) is 0.0774. The highest BCUT2D eigenvalue weighted by atomic mass is 32.2. The van der Waals surface area contributed by atoms with Gasteiger partial charge in [-0.15, -0.1) is 35.3 Å². The SMILES string of the molecule is CSc1c(-c2ccccc2)c(C(C)N)nc2ccc(F)cc12.CSc1c(-c2ccccc2)c(C(C)N2C(=O)c3ccccc3C2=O)nc2ccc(F)cc12.CSc1c(-c2ccccc2)c(C(C)Nc2ncnc(N)c2C#N)nc2ccc(F)cc12. The molecular formula is C67H55F3N10O2S3. The molecule has 12 rings (SSSR count). The normalized spacial score (nSPS) is 12.9. The van der Waals surface area contributed by atoms with E-state index in [9.17, 15) is 28.0 Å². The van der Waals surface area contributed by atoms with E-state index in [4.69, 9.17) is 26.4 Å². The first-order valence-electron chi connectivity index (χ1n) is 26.8. The van der Waals surface area contributed by atoms with Gasteiger partial charge in [0.1, 0.15) is 47.0 Å². The largest absolute Gasteiger partial charge is 0.382 e. The summed E-state index contributed by atoms with van der Waals surface area (Å²) in [5.74, 6) is -1.10. The van der Waals surface area contributed by atoms with Gasteiger partial charge in [-0.2, -0.15) is 5.26 Å². The van der Waals surface area contributed by atoms with Crippen LogP contribution in [0.1, 0.15) is 82.3 Å². The van der Waals surface area contributed by atoms with E-state index in [-0.39, 0.29) is 52.7 Å². The number of carbonyl (C=O) groups is 2. The Bertz CT molecular complexity index is 4350. The van der Waals surface area contributed by atoms with Crippen LogP contribution in [0.25, 0.3) is 66.1 Å². The van der Waals surface area contributed by atoms with Crippen LogP contribution in [-0.4, -0.2) is 60.4 Å². The predicted octanol–water partition coefficient (Wildman–Crippen LogP) is 16.1. The molecule has 0 aliphatic carbocycles. The Morgan fingerprint density at radius 2 is 0.906 bits per heavy atom. The molecule has 4 aromatic heterocycles. The lowest BCUT2D eigenvalue weighted by atomic mass is 9.97. The number of pyridine rings is 3. The van der Waals surface area contributed by atoms with Crippen molar-refractivity contribution < 1.29 is 22.8 Å². The number of thioether (sulfide) groups is 3. The number of aromatic nitrogens is 5. The van der Waals surface area contributed by atoms with E-state index in [1.165, 1.54) is 53.3 Å². The number of anilines is 2. The van der Waals surface area contributed by atoms with Crippen LogP contribution in [0.15, 0.2) is 191 Å². The minimum absolute atomic E-state index is 0.113. The Balaban J connectivity index is 0.000000144. The number of nitrogens with zero attached hydrogens (tertiary/aromatic N) is 7. The van der Waals surface area contributed by atoms with Crippen molar-refractivity contribution in [3.05, 3.63) is 227 Å². The van der Waals surface area contributed by atoms with Crippen LogP contribution < -0.4 is 16.8 Å². The third-order valence-corrected chi connectivity index (χ3v) is 16.9. The van der Waals surface area contributed by atoms with Crippen molar-refractivity contribution in [1.82, 2.24) is 29.8 Å². The molecule has 424 valence electrons. The maximum atomic E-state index is 14.1. The first-order valence-corrected chi connectivity index (χ1v) is 30.5. The van der Waals surface area contributed by atoms with Gasteiger partial charge in [0.05, 0.1) is 56.8 Å².